The standard InChI is InChI=1S/C18H20N2O5/c1-12(13-7-5-4-6-8-13)11-19-18(21)14-9-16(24-2)17(25-3)10-15(14)20(22)23/h4-10,12H,11H2,1-3H3,(H,19,21). The molecule has 0 aliphatic carbocycles. The van der Waals surface area contributed by atoms with E-state index in [0.717, 1.165) is 5.56 Å². The molecule has 25 heavy (non-hydrogen) atoms. The van der Waals surface area contributed by atoms with E-state index in [1.807, 2.05) is 37.3 Å². The molecule has 0 spiro atoms. The molecule has 0 saturated carbocycles. The van der Waals surface area contributed by atoms with Gasteiger partial charge in [0.15, 0.2) is 11.5 Å². The first-order valence-corrected chi connectivity index (χ1v) is 7.71. The van der Waals surface area contributed by atoms with Crippen molar-refractivity contribution in [3.05, 3.63) is 63.7 Å². The molecule has 1 atom stereocenters. The van der Waals surface area contributed by atoms with Crippen LogP contribution < -0.4 is 14.8 Å². The largest absolute Gasteiger partial charge is 0.493 e. The number of ether oxygens (including phenoxy) is 2. The van der Waals surface area contributed by atoms with Crippen LogP contribution in [0.5, 0.6) is 11.5 Å². The number of nitro benzene ring substituents is 1. The number of carbonyl (C=O) groups is 1. The highest BCUT2D eigenvalue weighted by molar-refractivity contribution is 5.99. The fourth-order valence-electron chi connectivity index (χ4n) is 2.44. The summed E-state index contributed by atoms with van der Waals surface area (Å²) in [7, 11) is 2.78. The molecule has 7 heteroatoms. The van der Waals surface area contributed by atoms with Crippen LogP contribution in [0.3, 0.4) is 0 Å². The van der Waals surface area contributed by atoms with E-state index < -0.39 is 10.8 Å². The van der Waals surface area contributed by atoms with E-state index >= 15 is 0 Å². The van der Waals surface area contributed by atoms with Crippen LogP contribution >= 0.6 is 0 Å². The molecule has 0 aliphatic rings. The summed E-state index contributed by atoms with van der Waals surface area (Å²) in [5, 5.41) is 14.0. The maximum Gasteiger partial charge on any atom is 0.286 e. The fourth-order valence-corrected chi connectivity index (χ4v) is 2.44. The highest BCUT2D eigenvalue weighted by Crippen LogP contribution is 2.34. The molecule has 0 heterocycles. The Hall–Kier alpha value is -3.09. The first-order valence-electron chi connectivity index (χ1n) is 7.71. The lowest BCUT2D eigenvalue weighted by atomic mass is 10.0. The van der Waals surface area contributed by atoms with Crippen LogP contribution in [-0.4, -0.2) is 31.6 Å². The van der Waals surface area contributed by atoms with Gasteiger partial charge in [0.1, 0.15) is 5.56 Å². The third kappa shape index (κ3) is 4.26. The van der Waals surface area contributed by atoms with Gasteiger partial charge in [0.05, 0.1) is 25.2 Å². The Morgan fingerprint density at radius 2 is 1.76 bits per heavy atom. The van der Waals surface area contributed by atoms with Crippen LogP contribution in [0.4, 0.5) is 5.69 Å². The maximum absolute atomic E-state index is 12.5. The van der Waals surface area contributed by atoms with Gasteiger partial charge in [0.2, 0.25) is 0 Å². The summed E-state index contributed by atoms with van der Waals surface area (Å²) in [5.74, 6) is -0.00227. The minimum atomic E-state index is -0.614. The van der Waals surface area contributed by atoms with E-state index in [1.54, 1.807) is 0 Å². The number of nitrogens with one attached hydrogen (secondary N) is 1. The third-order valence-electron chi connectivity index (χ3n) is 3.88. The van der Waals surface area contributed by atoms with Crippen molar-refractivity contribution in [2.75, 3.05) is 20.8 Å². The first kappa shape index (κ1) is 18.3. The average molecular weight is 344 g/mol. The monoisotopic (exact) mass is 344 g/mol. The zero-order valence-electron chi connectivity index (χ0n) is 14.3. The molecule has 132 valence electrons. The number of rotatable bonds is 7. The van der Waals surface area contributed by atoms with Crippen molar-refractivity contribution in [3.8, 4) is 11.5 Å². The van der Waals surface area contributed by atoms with Gasteiger partial charge in [-0.15, -0.1) is 0 Å². The number of benzene rings is 2. The number of hydrogen-bond donors (Lipinski definition) is 1. The Morgan fingerprint density at radius 1 is 1.16 bits per heavy atom. The smallest absolute Gasteiger partial charge is 0.286 e. The fraction of sp³-hybridized carbons (Fsp3) is 0.278. The minimum absolute atomic E-state index is 0.0667. The molecule has 1 N–H and O–H groups in total. The van der Waals surface area contributed by atoms with Gasteiger partial charge in [-0.3, -0.25) is 14.9 Å². The molecule has 0 radical (unpaired) electrons. The second kappa shape index (κ2) is 8.14. The zero-order chi connectivity index (χ0) is 18.4. The minimum Gasteiger partial charge on any atom is -0.493 e. The van der Waals surface area contributed by atoms with Crippen LogP contribution in [0, 0.1) is 10.1 Å². The Morgan fingerprint density at radius 3 is 2.32 bits per heavy atom. The molecule has 0 saturated heterocycles. The molecule has 0 aromatic heterocycles. The Kier molecular flexibility index (Phi) is 5.94. The number of methoxy groups -OCH3 is 2. The van der Waals surface area contributed by atoms with Crippen molar-refractivity contribution in [3.63, 3.8) is 0 Å². The molecule has 0 fully saturated rings. The molecule has 0 bridgehead atoms. The highest BCUT2D eigenvalue weighted by atomic mass is 16.6. The summed E-state index contributed by atoms with van der Waals surface area (Å²) in [6.07, 6.45) is 0. The molecule has 1 amide bonds. The SMILES string of the molecule is COc1cc(C(=O)NCC(C)c2ccccc2)c([N+](=O)[O-])cc1OC. The van der Waals surface area contributed by atoms with Crippen molar-refractivity contribution in [1.29, 1.82) is 0 Å². The second-order valence-electron chi connectivity index (χ2n) is 5.50. The predicted octanol–water partition coefficient (Wildman–Crippen LogP) is 3.15. The topological polar surface area (TPSA) is 90.7 Å². The van der Waals surface area contributed by atoms with Gasteiger partial charge in [-0.2, -0.15) is 0 Å². The number of hydrogen-bond acceptors (Lipinski definition) is 5. The Balaban J connectivity index is 2.21. The molecular formula is C18H20N2O5. The third-order valence-corrected chi connectivity index (χ3v) is 3.88. The number of amides is 1. The van der Waals surface area contributed by atoms with Gasteiger partial charge < -0.3 is 14.8 Å². The summed E-state index contributed by atoms with van der Waals surface area (Å²) in [6, 6.07) is 12.2. The van der Waals surface area contributed by atoms with Crippen molar-refractivity contribution >= 4 is 11.6 Å². The van der Waals surface area contributed by atoms with E-state index in [2.05, 4.69) is 5.32 Å². The highest BCUT2D eigenvalue weighted by Gasteiger charge is 2.24. The lowest BCUT2D eigenvalue weighted by Crippen LogP contribution is -2.28. The molecule has 0 aliphatic heterocycles. The number of carbonyl (C=O) groups excluding carboxylic acids is 1. The summed E-state index contributed by atoms with van der Waals surface area (Å²) in [6.45, 7) is 2.33. The van der Waals surface area contributed by atoms with Crippen LogP contribution in [0.2, 0.25) is 0 Å². The Labute approximate surface area is 145 Å². The lowest BCUT2D eigenvalue weighted by Gasteiger charge is -2.14. The van der Waals surface area contributed by atoms with Gasteiger partial charge in [-0.05, 0) is 11.5 Å². The van der Waals surface area contributed by atoms with Crippen molar-refractivity contribution in [2.24, 2.45) is 0 Å². The lowest BCUT2D eigenvalue weighted by molar-refractivity contribution is -0.385. The van der Waals surface area contributed by atoms with Crippen molar-refractivity contribution < 1.29 is 19.2 Å². The van der Waals surface area contributed by atoms with E-state index in [-0.39, 0.29) is 28.7 Å². The van der Waals surface area contributed by atoms with Gasteiger partial charge in [0, 0.05) is 12.6 Å². The van der Waals surface area contributed by atoms with E-state index in [0.29, 0.717) is 6.54 Å². The van der Waals surface area contributed by atoms with Crippen molar-refractivity contribution in [1.82, 2.24) is 5.32 Å². The Bertz CT molecular complexity index is 762. The second-order valence-corrected chi connectivity index (χ2v) is 5.50. The average Bonchev–Trinajstić information content (AvgIpc) is 2.65. The summed E-state index contributed by atoms with van der Waals surface area (Å²) >= 11 is 0. The van der Waals surface area contributed by atoms with Gasteiger partial charge in [-0.25, -0.2) is 0 Å². The van der Waals surface area contributed by atoms with Crippen LogP contribution in [-0.2, 0) is 0 Å². The van der Waals surface area contributed by atoms with Gasteiger partial charge in [0.25, 0.3) is 11.6 Å². The molecule has 2 aromatic carbocycles. The predicted molar refractivity (Wildman–Crippen MR) is 93.4 cm³/mol. The molecule has 2 aromatic rings. The number of nitrogens with zero attached hydrogens (tertiary/aromatic N) is 1. The quantitative estimate of drug-likeness (QED) is 0.615. The summed E-state index contributed by atoms with van der Waals surface area (Å²) in [5.41, 5.74) is 0.676. The normalized spacial score (nSPS) is 11.5. The molecule has 2 rings (SSSR count). The van der Waals surface area contributed by atoms with Crippen molar-refractivity contribution in [2.45, 2.75) is 12.8 Å². The van der Waals surface area contributed by atoms with E-state index in [4.69, 9.17) is 9.47 Å². The van der Waals surface area contributed by atoms with E-state index in [9.17, 15) is 14.9 Å². The number of nitro groups is 1. The molecule has 1 unspecified atom stereocenters. The maximum atomic E-state index is 12.5. The first-order chi connectivity index (χ1) is 12.0. The summed E-state index contributed by atoms with van der Waals surface area (Å²) < 4.78 is 10.2. The molecular weight excluding hydrogens is 324 g/mol. The van der Waals surface area contributed by atoms with E-state index in [1.165, 1.54) is 26.4 Å². The summed E-state index contributed by atoms with van der Waals surface area (Å²) in [4.78, 5) is 23.1. The zero-order valence-corrected chi connectivity index (χ0v) is 14.3. The van der Waals surface area contributed by atoms with Gasteiger partial charge in [-0.1, -0.05) is 37.3 Å². The van der Waals surface area contributed by atoms with Gasteiger partial charge >= 0.3 is 0 Å². The van der Waals surface area contributed by atoms with Crippen LogP contribution in [0.25, 0.3) is 0 Å². The van der Waals surface area contributed by atoms with Crippen LogP contribution in [0.15, 0.2) is 42.5 Å². The molecule has 7 nitrogen and oxygen atoms in total. The van der Waals surface area contributed by atoms with Crippen LogP contribution in [0.1, 0.15) is 28.8 Å².